The summed E-state index contributed by atoms with van der Waals surface area (Å²) in [5, 5.41) is 5.76. The number of amides is 2. The van der Waals surface area contributed by atoms with E-state index in [0.717, 1.165) is 38.4 Å². The van der Waals surface area contributed by atoms with Gasteiger partial charge in [-0.3, -0.25) is 14.5 Å². The molecule has 2 aromatic rings. The van der Waals surface area contributed by atoms with Crippen LogP contribution in [0.3, 0.4) is 0 Å². The van der Waals surface area contributed by atoms with E-state index >= 15 is 0 Å². The van der Waals surface area contributed by atoms with Crippen molar-refractivity contribution in [2.45, 2.75) is 6.92 Å². The van der Waals surface area contributed by atoms with Gasteiger partial charge in [0.1, 0.15) is 0 Å². The number of nitrogens with zero attached hydrogens (tertiary/aromatic N) is 1. The van der Waals surface area contributed by atoms with Crippen LogP contribution in [0.25, 0.3) is 0 Å². The summed E-state index contributed by atoms with van der Waals surface area (Å²) >= 11 is 0. The van der Waals surface area contributed by atoms with Crippen molar-refractivity contribution < 1.29 is 14.3 Å². The Kier molecular flexibility index (Phi) is 10.6. The third-order valence-corrected chi connectivity index (χ3v) is 4.73. The van der Waals surface area contributed by atoms with E-state index in [1.807, 2.05) is 13.0 Å². The minimum absolute atomic E-state index is 0. The number of carbonyl (C=O) groups is 2. The Morgan fingerprint density at radius 2 is 1.70 bits per heavy atom. The quantitative estimate of drug-likeness (QED) is 0.583. The molecule has 0 saturated carbocycles. The monoisotopic (exact) mass is 454 g/mol. The highest BCUT2D eigenvalue weighted by Crippen LogP contribution is 2.16. The Morgan fingerprint density at radius 1 is 1.03 bits per heavy atom. The van der Waals surface area contributed by atoms with Gasteiger partial charge < -0.3 is 21.1 Å². The summed E-state index contributed by atoms with van der Waals surface area (Å²) in [5.41, 5.74) is 8.87. The Morgan fingerprint density at radius 3 is 2.37 bits per heavy atom. The summed E-state index contributed by atoms with van der Waals surface area (Å²) in [6.07, 6.45) is 0. The van der Waals surface area contributed by atoms with Crippen molar-refractivity contribution in [3.8, 4) is 0 Å². The van der Waals surface area contributed by atoms with Crippen LogP contribution in [0.2, 0.25) is 0 Å². The molecular weight excluding hydrogens is 427 g/mol. The SMILES string of the molecule is Cc1ccc(N)cc1C(=O)Nc1ccc(C(=O)NCCN2CCOCC2)cc1.Cl.Cl. The number of nitrogens with one attached hydrogen (secondary N) is 2. The number of anilines is 2. The number of halogens is 2. The number of aryl methyl sites for hydroxylation is 1. The molecule has 0 bridgehead atoms. The second kappa shape index (κ2) is 12.4. The molecule has 4 N–H and O–H groups in total. The predicted molar refractivity (Wildman–Crippen MR) is 124 cm³/mol. The van der Waals surface area contributed by atoms with Gasteiger partial charge in [0.25, 0.3) is 11.8 Å². The van der Waals surface area contributed by atoms with Crippen molar-refractivity contribution in [1.29, 1.82) is 0 Å². The van der Waals surface area contributed by atoms with Gasteiger partial charge >= 0.3 is 0 Å². The normalized spacial score (nSPS) is 13.5. The molecule has 30 heavy (non-hydrogen) atoms. The standard InChI is InChI=1S/C21H26N4O3.2ClH/c1-15-2-5-17(22)14-19(15)21(27)24-18-6-3-16(4-7-18)20(26)23-8-9-25-10-12-28-13-11-25;;/h2-7,14H,8-13,22H2,1H3,(H,23,26)(H,24,27);2*1H. The molecule has 2 aromatic carbocycles. The van der Waals surface area contributed by atoms with Crippen LogP contribution in [0, 0.1) is 6.92 Å². The Labute approximate surface area is 189 Å². The molecule has 0 spiro atoms. The predicted octanol–water partition coefficient (Wildman–Crippen LogP) is 2.74. The molecule has 164 valence electrons. The summed E-state index contributed by atoms with van der Waals surface area (Å²) in [5.74, 6) is -0.356. The van der Waals surface area contributed by atoms with Gasteiger partial charge in [0.2, 0.25) is 0 Å². The lowest BCUT2D eigenvalue weighted by Crippen LogP contribution is -2.41. The lowest BCUT2D eigenvalue weighted by Gasteiger charge is -2.26. The molecular formula is C21H28Cl2N4O3. The topological polar surface area (TPSA) is 96.7 Å². The maximum Gasteiger partial charge on any atom is 0.256 e. The molecule has 3 rings (SSSR count). The zero-order chi connectivity index (χ0) is 19.9. The minimum Gasteiger partial charge on any atom is -0.399 e. The molecule has 9 heteroatoms. The van der Waals surface area contributed by atoms with Gasteiger partial charge in [-0.2, -0.15) is 0 Å². The summed E-state index contributed by atoms with van der Waals surface area (Å²) in [6, 6.07) is 12.1. The van der Waals surface area contributed by atoms with Crippen molar-refractivity contribution in [2.75, 3.05) is 50.4 Å². The highest BCUT2D eigenvalue weighted by molar-refractivity contribution is 6.06. The van der Waals surface area contributed by atoms with E-state index in [2.05, 4.69) is 15.5 Å². The number of hydrogen-bond acceptors (Lipinski definition) is 5. The third-order valence-electron chi connectivity index (χ3n) is 4.73. The highest BCUT2D eigenvalue weighted by atomic mass is 35.5. The molecule has 0 aromatic heterocycles. The fraction of sp³-hybridized carbons (Fsp3) is 0.333. The van der Waals surface area contributed by atoms with Crippen LogP contribution in [-0.2, 0) is 4.74 Å². The van der Waals surface area contributed by atoms with Gasteiger partial charge in [0.05, 0.1) is 13.2 Å². The summed E-state index contributed by atoms with van der Waals surface area (Å²) < 4.78 is 5.31. The maximum absolute atomic E-state index is 12.4. The van der Waals surface area contributed by atoms with Crippen molar-refractivity contribution in [3.63, 3.8) is 0 Å². The van der Waals surface area contributed by atoms with Gasteiger partial charge in [-0.15, -0.1) is 24.8 Å². The number of ether oxygens (including phenoxy) is 1. The zero-order valence-corrected chi connectivity index (χ0v) is 18.5. The first-order valence-corrected chi connectivity index (χ1v) is 9.39. The van der Waals surface area contributed by atoms with Crippen molar-refractivity contribution in [2.24, 2.45) is 0 Å². The summed E-state index contributed by atoms with van der Waals surface area (Å²) in [4.78, 5) is 27.0. The zero-order valence-electron chi connectivity index (χ0n) is 16.8. The second-order valence-corrected chi connectivity index (χ2v) is 6.82. The highest BCUT2D eigenvalue weighted by Gasteiger charge is 2.12. The Bertz CT molecular complexity index is 841. The number of benzene rings is 2. The average molecular weight is 455 g/mol. The van der Waals surface area contributed by atoms with E-state index in [9.17, 15) is 9.59 Å². The fourth-order valence-electron chi connectivity index (χ4n) is 3.04. The van der Waals surface area contributed by atoms with Crippen LogP contribution in [0.5, 0.6) is 0 Å². The molecule has 0 atom stereocenters. The van der Waals surface area contributed by atoms with Gasteiger partial charge in [-0.05, 0) is 48.9 Å². The lowest BCUT2D eigenvalue weighted by molar-refractivity contribution is 0.0383. The van der Waals surface area contributed by atoms with Gasteiger partial charge in [0, 0.05) is 48.7 Å². The molecule has 0 unspecified atom stereocenters. The smallest absolute Gasteiger partial charge is 0.256 e. The minimum atomic E-state index is -0.229. The van der Waals surface area contributed by atoms with Crippen LogP contribution in [0.1, 0.15) is 26.3 Å². The van der Waals surface area contributed by atoms with E-state index < -0.39 is 0 Å². The number of carbonyl (C=O) groups excluding carboxylic acids is 2. The van der Waals surface area contributed by atoms with Gasteiger partial charge in [0.15, 0.2) is 0 Å². The van der Waals surface area contributed by atoms with E-state index in [1.165, 1.54) is 0 Å². The number of rotatable bonds is 6. The van der Waals surface area contributed by atoms with Gasteiger partial charge in [-0.1, -0.05) is 6.07 Å². The first kappa shape index (κ1) is 25.7. The average Bonchev–Trinajstić information content (AvgIpc) is 2.71. The molecule has 1 saturated heterocycles. The van der Waals surface area contributed by atoms with Crippen LogP contribution < -0.4 is 16.4 Å². The molecule has 1 aliphatic rings. The number of nitrogen functional groups attached to an aromatic ring is 1. The van der Waals surface area contributed by atoms with E-state index in [1.54, 1.807) is 36.4 Å². The van der Waals surface area contributed by atoms with Crippen molar-refractivity contribution >= 4 is 48.0 Å². The largest absolute Gasteiger partial charge is 0.399 e. The van der Waals surface area contributed by atoms with Crippen LogP contribution >= 0.6 is 24.8 Å². The third kappa shape index (κ3) is 7.18. The number of morpholine rings is 1. The van der Waals surface area contributed by atoms with E-state index in [-0.39, 0.29) is 36.6 Å². The summed E-state index contributed by atoms with van der Waals surface area (Å²) in [6.45, 7) is 6.55. The fourth-order valence-corrected chi connectivity index (χ4v) is 3.04. The molecule has 7 nitrogen and oxygen atoms in total. The summed E-state index contributed by atoms with van der Waals surface area (Å²) in [7, 11) is 0. The number of hydrogen-bond donors (Lipinski definition) is 3. The molecule has 0 aliphatic carbocycles. The first-order chi connectivity index (χ1) is 13.5. The molecule has 1 heterocycles. The van der Waals surface area contributed by atoms with E-state index in [0.29, 0.717) is 29.0 Å². The Balaban J connectivity index is 0.00000225. The van der Waals surface area contributed by atoms with E-state index in [4.69, 9.17) is 10.5 Å². The van der Waals surface area contributed by atoms with Crippen LogP contribution in [0.4, 0.5) is 11.4 Å². The molecule has 1 aliphatic heterocycles. The molecule has 0 radical (unpaired) electrons. The van der Waals surface area contributed by atoms with Crippen LogP contribution in [0.15, 0.2) is 42.5 Å². The van der Waals surface area contributed by atoms with Crippen molar-refractivity contribution in [3.05, 3.63) is 59.2 Å². The van der Waals surface area contributed by atoms with Crippen molar-refractivity contribution in [1.82, 2.24) is 10.2 Å². The Hall–Kier alpha value is -2.32. The molecule has 2 amide bonds. The lowest BCUT2D eigenvalue weighted by atomic mass is 10.1. The first-order valence-electron chi connectivity index (χ1n) is 9.39. The van der Waals surface area contributed by atoms with Gasteiger partial charge in [-0.25, -0.2) is 0 Å². The second-order valence-electron chi connectivity index (χ2n) is 6.82. The maximum atomic E-state index is 12.4. The number of nitrogens with two attached hydrogens (primary N) is 1. The van der Waals surface area contributed by atoms with Crippen LogP contribution in [-0.4, -0.2) is 56.1 Å². The molecule has 1 fully saturated rings.